The number of amides is 1. The van der Waals surface area contributed by atoms with E-state index in [1.54, 1.807) is 43.5 Å². The Morgan fingerprint density at radius 3 is 2.51 bits per heavy atom. The number of rotatable bonds is 21. The first-order chi connectivity index (χ1) is 28.7. The summed E-state index contributed by atoms with van der Waals surface area (Å²) in [6.07, 6.45) is 9.30. The fourth-order valence-corrected chi connectivity index (χ4v) is 9.31. The molecule has 3 aromatic carbocycles. The zero-order valence-corrected chi connectivity index (χ0v) is 34.0. The standard InChI is InChI=1S/C46H57N3O10/c1-4-21-48(43(53)26-32-11-10-13-36(25-32)56-3)42-29-40(47-58-30-31-15-17-34(18-16-31)49(54)55)38-27-33(12-6-8-22-50)37(14-7-9-23-51)44-39-28-35(52)19-20-41(39)59-46(42,45(38)44)57-24-5-2/h5,10-11,13,15-20,25,27-28,33,37,42,44-45,50-52H,2,4,6-9,12,14,21-24,26,29-30H2,1,3H3/t33-,37+,42-,44+,45+,46+/m0/s1. The fraction of sp³-hybridized carbons (Fsp3) is 0.478. The minimum atomic E-state index is -1.42. The summed E-state index contributed by atoms with van der Waals surface area (Å²) in [4.78, 5) is 33.6. The second-order valence-electron chi connectivity index (χ2n) is 15.6. The number of phenols is 1. The highest BCUT2D eigenvalue weighted by atomic mass is 16.7. The Balaban J connectivity index is 1.54. The molecule has 13 heteroatoms. The molecule has 59 heavy (non-hydrogen) atoms. The highest BCUT2D eigenvalue weighted by Crippen LogP contribution is 2.62. The third-order valence-electron chi connectivity index (χ3n) is 11.9. The number of unbranched alkanes of at least 4 members (excludes halogenated alkanes) is 2. The predicted octanol–water partition coefficient (Wildman–Crippen LogP) is 7.62. The molecule has 2 aliphatic carbocycles. The van der Waals surface area contributed by atoms with Gasteiger partial charge in [0.05, 0.1) is 36.7 Å². The normalized spacial score (nSPS) is 23.6. The number of nitro groups is 1. The van der Waals surface area contributed by atoms with Gasteiger partial charge in [-0.1, -0.05) is 49.2 Å². The lowest BCUT2D eigenvalue weighted by Gasteiger charge is -2.60. The predicted molar refractivity (Wildman–Crippen MR) is 223 cm³/mol. The smallest absolute Gasteiger partial charge is 0.269 e. The zero-order chi connectivity index (χ0) is 41.9. The average Bonchev–Trinajstić information content (AvgIpc) is 3.24. The van der Waals surface area contributed by atoms with Crippen LogP contribution in [0.25, 0.3) is 0 Å². The SMILES string of the molecule is C=CCO[C@@]12Oc3ccc(O)cc3[C@H]3[C@H](CCCCO)[C@@H](CCCCO)C=C(C(=NOCc4ccc([N+](=O)[O-])cc4)C[C@@H]1N(CCC)C(=O)Cc1cccc(OC)c1)[C@H]32. The van der Waals surface area contributed by atoms with Crippen LogP contribution in [0.3, 0.4) is 0 Å². The van der Waals surface area contributed by atoms with Crippen LogP contribution in [0.5, 0.6) is 17.2 Å². The van der Waals surface area contributed by atoms with E-state index in [4.69, 9.17) is 24.2 Å². The van der Waals surface area contributed by atoms with Crippen molar-refractivity contribution in [2.45, 2.75) is 89.1 Å². The Bertz CT molecular complexity index is 1980. The van der Waals surface area contributed by atoms with Gasteiger partial charge in [0.15, 0.2) is 0 Å². The second kappa shape index (κ2) is 20.1. The van der Waals surface area contributed by atoms with Crippen molar-refractivity contribution in [3.8, 4) is 17.2 Å². The van der Waals surface area contributed by atoms with E-state index in [0.29, 0.717) is 48.6 Å². The molecule has 6 rings (SSSR count). The summed E-state index contributed by atoms with van der Waals surface area (Å²) in [5, 5.41) is 46.8. The molecule has 0 saturated heterocycles. The zero-order valence-electron chi connectivity index (χ0n) is 34.0. The molecule has 0 aromatic heterocycles. The molecule has 13 nitrogen and oxygen atoms in total. The van der Waals surface area contributed by atoms with Gasteiger partial charge in [0.2, 0.25) is 11.7 Å². The lowest BCUT2D eigenvalue weighted by atomic mass is 9.55. The molecule has 0 spiro atoms. The molecule has 1 saturated carbocycles. The van der Waals surface area contributed by atoms with E-state index in [1.165, 1.54) is 12.1 Å². The lowest BCUT2D eigenvalue weighted by molar-refractivity contribution is -0.384. The number of nitro benzene ring substituents is 1. The molecule has 1 heterocycles. The lowest BCUT2D eigenvalue weighted by Crippen LogP contribution is -2.70. The number of oxime groups is 1. The molecular weight excluding hydrogens is 755 g/mol. The van der Waals surface area contributed by atoms with Crippen LogP contribution in [-0.4, -0.2) is 82.1 Å². The average molecular weight is 812 g/mol. The first-order valence-electron chi connectivity index (χ1n) is 20.7. The van der Waals surface area contributed by atoms with Gasteiger partial charge in [-0.05, 0) is 103 Å². The van der Waals surface area contributed by atoms with E-state index in [-0.39, 0.29) is 74.4 Å². The monoisotopic (exact) mass is 811 g/mol. The summed E-state index contributed by atoms with van der Waals surface area (Å²) in [5.41, 5.74) is 3.80. The largest absolute Gasteiger partial charge is 0.508 e. The number of fused-ring (bicyclic) bond motifs is 2. The Hall–Kier alpha value is -5.24. The Morgan fingerprint density at radius 2 is 1.81 bits per heavy atom. The van der Waals surface area contributed by atoms with Crippen LogP contribution in [0.15, 0.2) is 96.2 Å². The molecule has 3 aromatic rings. The van der Waals surface area contributed by atoms with Gasteiger partial charge in [0.1, 0.15) is 29.9 Å². The van der Waals surface area contributed by atoms with E-state index >= 15 is 0 Å². The van der Waals surface area contributed by atoms with Gasteiger partial charge in [0, 0.05) is 49.8 Å². The number of benzene rings is 3. The van der Waals surface area contributed by atoms with Crippen LogP contribution in [0.2, 0.25) is 0 Å². The molecule has 0 unspecified atom stereocenters. The quantitative estimate of drug-likeness (QED) is 0.0420. The van der Waals surface area contributed by atoms with Gasteiger partial charge < -0.3 is 39.3 Å². The molecule has 0 bridgehead atoms. The highest BCUT2D eigenvalue weighted by Gasteiger charge is 2.65. The number of aromatic hydroxyl groups is 1. The van der Waals surface area contributed by atoms with Crippen molar-refractivity contribution in [2.24, 2.45) is 22.9 Å². The topological polar surface area (TPSA) is 173 Å². The Kier molecular flexibility index (Phi) is 14.8. The number of ether oxygens (including phenoxy) is 3. The van der Waals surface area contributed by atoms with Crippen LogP contribution in [-0.2, 0) is 27.4 Å². The van der Waals surface area contributed by atoms with Gasteiger partial charge in [0.25, 0.3) is 5.69 Å². The van der Waals surface area contributed by atoms with E-state index in [0.717, 1.165) is 42.4 Å². The molecular formula is C46H57N3O10. The number of hydrogen-bond acceptors (Lipinski definition) is 11. The third-order valence-corrected chi connectivity index (χ3v) is 11.9. The molecule has 1 amide bonds. The highest BCUT2D eigenvalue weighted by molar-refractivity contribution is 6.03. The third kappa shape index (κ3) is 9.64. The maximum Gasteiger partial charge on any atom is 0.269 e. The number of aliphatic hydroxyl groups is 2. The van der Waals surface area contributed by atoms with Gasteiger partial charge in [-0.15, -0.1) is 6.58 Å². The van der Waals surface area contributed by atoms with Crippen LogP contribution in [0.4, 0.5) is 5.69 Å². The van der Waals surface area contributed by atoms with Gasteiger partial charge in [-0.25, -0.2) is 0 Å². The van der Waals surface area contributed by atoms with Crippen molar-refractivity contribution in [2.75, 3.05) is 33.5 Å². The molecule has 1 fully saturated rings. The first-order valence-corrected chi connectivity index (χ1v) is 20.7. The van der Waals surface area contributed by atoms with E-state index < -0.39 is 22.7 Å². The summed E-state index contributed by atoms with van der Waals surface area (Å²) >= 11 is 0. The number of carbonyl (C=O) groups is 1. The molecule has 3 N–H and O–H groups in total. The van der Waals surface area contributed by atoms with Crippen molar-refractivity contribution in [3.05, 3.63) is 118 Å². The number of aliphatic hydroxyl groups excluding tert-OH is 2. The fourth-order valence-electron chi connectivity index (χ4n) is 9.31. The summed E-state index contributed by atoms with van der Waals surface area (Å²) in [6.45, 7) is 6.74. The molecule has 3 aliphatic rings. The number of non-ortho nitro benzene ring substituents is 1. The number of phenolic OH excluding ortho intramolecular Hbond substituents is 1. The Morgan fingerprint density at radius 1 is 1.05 bits per heavy atom. The van der Waals surface area contributed by atoms with Gasteiger partial charge in [-0.3, -0.25) is 14.9 Å². The number of hydrogen-bond donors (Lipinski definition) is 3. The van der Waals surface area contributed by atoms with Crippen LogP contribution in [0.1, 0.15) is 80.9 Å². The minimum absolute atomic E-state index is 0.0123. The van der Waals surface area contributed by atoms with Crippen LogP contribution >= 0.6 is 0 Å². The molecule has 6 atom stereocenters. The maximum atomic E-state index is 14.8. The van der Waals surface area contributed by atoms with Crippen molar-refractivity contribution in [1.29, 1.82) is 0 Å². The maximum absolute atomic E-state index is 14.8. The van der Waals surface area contributed by atoms with E-state index in [2.05, 4.69) is 12.7 Å². The number of methoxy groups -OCH3 is 1. The minimum Gasteiger partial charge on any atom is -0.508 e. The summed E-state index contributed by atoms with van der Waals surface area (Å²) in [5.74, 6) is -0.984. The van der Waals surface area contributed by atoms with Crippen molar-refractivity contribution in [1.82, 2.24) is 4.90 Å². The summed E-state index contributed by atoms with van der Waals surface area (Å²) in [6, 6.07) is 18.1. The number of nitrogens with zero attached hydrogens (tertiary/aromatic N) is 3. The van der Waals surface area contributed by atoms with Crippen molar-refractivity contribution in [3.63, 3.8) is 0 Å². The van der Waals surface area contributed by atoms with E-state index in [1.807, 2.05) is 36.1 Å². The second-order valence-corrected chi connectivity index (χ2v) is 15.6. The van der Waals surface area contributed by atoms with Gasteiger partial charge >= 0.3 is 0 Å². The van der Waals surface area contributed by atoms with Crippen LogP contribution in [0, 0.1) is 27.9 Å². The molecule has 316 valence electrons. The summed E-state index contributed by atoms with van der Waals surface area (Å²) in [7, 11) is 1.59. The number of carbonyl (C=O) groups excluding carboxylic acids is 1. The van der Waals surface area contributed by atoms with Gasteiger partial charge in [-0.2, -0.15) is 0 Å². The Labute approximate surface area is 346 Å². The van der Waals surface area contributed by atoms with Crippen molar-refractivity contribution >= 4 is 17.3 Å². The summed E-state index contributed by atoms with van der Waals surface area (Å²) < 4.78 is 19.7. The van der Waals surface area contributed by atoms with Crippen molar-refractivity contribution < 1.29 is 44.1 Å². The first kappa shape index (κ1) is 43.3. The molecule has 0 radical (unpaired) electrons. The van der Waals surface area contributed by atoms with Crippen LogP contribution < -0.4 is 9.47 Å². The van der Waals surface area contributed by atoms with E-state index in [9.17, 15) is 30.2 Å². The number of allylic oxidation sites excluding steroid dienone is 1. The molecule has 1 aliphatic heterocycles.